The highest BCUT2D eigenvalue weighted by atomic mass is 35.5. The number of nitrogens with zero attached hydrogens (tertiary/aromatic N) is 2. The largest absolute Gasteiger partial charge is 0.360 e. The van der Waals surface area contributed by atoms with Gasteiger partial charge in [-0.3, -0.25) is 5.10 Å². The molecule has 1 saturated carbocycles. The summed E-state index contributed by atoms with van der Waals surface area (Å²) in [4.78, 5) is 2.28. The van der Waals surface area contributed by atoms with Crippen LogP contribution < -0.4 is 5.32 Å². The number of hydrogen-bond donors (Lipinski definition) is 2. The van der Waals surface area contributed by atoms with Gasteiger partial charge in [-0.25, -0.2) is 0 Å². The van der Waals surface area contributed by atoms with Crippen LogP contribution >= 0.6 is 23.8 Å². The summed E-state index contributed by atoms with van der Waals surface area (Å²) in [6, 6.07) is 8.41. The molecule has 1 aromatic carbocycles. The molecular weight excluding hydrogens is 352 g/mol. The Morgan fingerprint density at radius 1 is 1.20 bits per heavy atom. The first-order valence-corrected chi connectivity index (χ1v) is 9.87. The summed E-state index contributed by atoms with van der Waals surface area (Å²) < 4.78 is 0. The van der Waals surface area contributed by atoms with Crippen molar-refractivity contribution in [3.8, 4) is 11.3 Å². The highest BCUT2D eigenvalue weighted by Crippen LogP contribution is 2.29. The smallest absolute Gasteiger partial charge is 0.169 e. The Labute approximate surface area is 158 Å². The van der Waals surface area contributed by atoms with Gasteiger partial charge in [-0.15, -0.1) is 0 Å². The van der Waals surface area contributed by atoms with Crippen molar-refractivity contribution in [2.24, 2.45) is 0 Å². The minimum Gasteiger partial charge on any atom is -0.360 e. The van der Waals surface area contributed by atoms with E-state index in [0.29, 0.717) is 6.04 Å². The molecule has 0 atom stereocenters. The lowest BCUT2D eigenvalue weighted by Crippen LogP contribution is -2.47. The Kier molecular flexibility index (Phi) is 4.95. The molecule has 6 heteroatoms. The molecule has 2 heterocycles. The number of rotatable bonds is 2. The van der Waals surface area contributed by atoms with Gasteiger partial charge in [0.2, 0.25) is 0 Å². The van der Waals surface area contributed by atoms with E-state index in [9.17, 15) is 0 Å². The van der Waals surface area contributed by atoms with Gasteiger partial charge in [-0.05, 0) is 37.2 Å². The first-order valence-electron chi connectivity index (χ1n) is 9.08. The Morgan fingerprint density at radius 3 is 2.72 bits per heavy atom. The van der Waals surface area contributed by atoms with E-state index >= 15 is 0 Å². The van der Waals surface area contributed by atoms with Gasteiger partial charge in [-0.1, -0.05) is 43.0 Å². The topological polar surface area (TPSA) is 44.0 Å². The van der Waals surface area contributed by atoms with Crippen LogP contribution in [0.3, 0.4) is 0 Å². The molecule has 0 unspecified atom stereocenters. The Bertz CT molecular complexity index is 749. The molecule has 2 aromatic rings. The van der Waals surface area contributed by atoms with Gasteiger partial charge in [0.15, 0.2) is 5.11 Å². The van der Waals surface area contributed by atoms with E-state index in [1.165, 1.54) is 43.4 Å². The van der Waals surface area contributed by atoms with Gasteiger partial charge >= 0.3 is 0 Å². The van der Waals surface area contributed by atoms with Crippen molar-refractivity contribution >= 4 is 28.9 Å². The van der Waals surface area contributed by atoms with Crippen LogP contribution in [0.5, 0.6) is 0 Å². The van der Waals surface area contributed by atoms with Gasteiger partial charge in [0.1, 0.15) is 0 Å². The van der Waals surface area contributed by atoms with Gasteiger partial charge in [0.05, 0.1) is 5.69 Å². The minimum absolute atomic E-state index is 0.544. The average molecular weight is 375 g/mol. The van der Waals surface area contributed by atoms with Crippen LogP contribution in [0.25, 0.3) is 11.3 Å². The normalized spacial score (nSPS) is 18.0. The lowest BCUT2D eigenvalue weighted by Gasteiger charge is -2.33. The second-order valence-electron chi connectivity index (χ2n) is 6.99. The predicted molar refractivity (Wildman–Crippen MR) is 106 cm³/mol. The molecule has 0 spiro atoms. The number of H-pyrrole nitrogens is 1. The summed E-state index contributed by atoms with van der Waals surface area (Å²) in [5.74, 6) is 0. The molecule has 0 amide bonds. The van der Waals surface area contributed by atoms with Crippen LogP contribution in [0, 0.1) is 0 Å². The van der Waals surface area contributed by atoms with Crippen LogP contribution in [0.4, 0.5) is 0 Å². The molecule has 0 bridgehead atoms. The fourth-order valence-corrected chi connectivity index (χ4v) is 4.28. The van der Waals surface area contributed by atoms with E-state index in [1.807, 2.05) is 24.3 Å². The van der Waals surface area contributed by atoms with Crippen molar-refractivity contribution < 1.29 is 0 Å². The summed E-state index contributed by atoms with van der Waals surface area (Å²) in [6.45, 7) is 1.75. The van der Waals surface area contributed by atoms with Crippen LogP contribution in [0.15, 0.2) is 24.3 Å². The monoisotopic (exact) mass is 374 g/mol. The second kappa shape index (κ2) is 7.34. The summed E-state index contributed by atoms with van der Waals surface area (Å²) >= 11 is 11.7. The maximum atomic E-state index is 6.01. The van der Waals surface area contributed by atoms with Crippen molar-refractivity contribution in [2.45, 2.75) is 51.1 Å². The van der Waals surface area contributed by atoms with Gasteiger partial charge in [0.25, 0.3) is 0 Å². The summed E-state index contributed by atoms with van der Waals surface area (Å²) in [6.07, 6.45) is 7.40. The van der Waals surface area contributed by atoms with Crippen molar-refractivity contribution in [1.29, 1.82) is 0 Å². The molecule has 2 N–H and O–H groups in total. The maximum Gasteiger partial charge on any atom is 0.169 e. The number of aromatic amines is 1. The molecule has 25 heavy (non-hydrogen) atoms. The molecule has 1 aromatic heterocycles. The Hall–Kier alpha value is -1.59. The highest BCUT2D eigenvalue weighted by Gasteiger charge is 2.25. The zero-order chi connectivity index (χ0) is 17.2. The standard InChI is InChI=1S/C19H23ClN4S/c20-14-8-6-13(7-9-14)18-16-12-24(11-10-17(16)22-23-18)19(25)21-15-4-2-1-3-5-15/h6-9,15H,1-5,10-12H2,(H,21,25)(H,22,23). The number of hydrogen-bond acceptors (Lipinski definition) is 2. The fraction of sp³-hybridized carbons (Fsp3) is 0.474. The van der Waals surface area contributed by atoms with Gasteiger partial charge in [-0.2, -0.15) is 5.10 Å². The molecular formula is C19H23ClN4S. The maximum absolute atomic E-state index is 6.01. The summed E-state index contributed by atoms with van der Waals surface area (Å²) in [5, 5.41) is 13.0. The third-order valence-corrected chi connectivity index (χ3v) is 5.90. The number of nitrogens with one attached hydrogen (secondary N) is 2. The van der Waals surface area contributed by atoms with Crippen LogP contribution in [0.1, 0.15) is 43.4 Å². The van der Waals surface area contributed by atoms with E-state index in [0.717, 1.165) is 40.9 Å². The molecule has 132 valence electrons. The number of benzene rings is 1. The molecule has 1 aliphatic heterocycles. The quantitative estimate of drug-likeness (QED) is 0.769. The minimum atomic E-state index is 0.544. The zero-order valence-electron chi connectivity index (χ0n) is 14.2. The highest BCUT2D eigenvalue weighted by molar-refractivity contribution is 7.80. The predicted octanol–water partition coefficient (Wildman–Crippen LogP) is 4.30. The SMILES string of the molecule is S=C(NC1CCCCC1)N1CCc2[nH]nc(-c3ccc(Cl)cc3)c2C1. The van der Waals surface area contributed by atoms with Crippen LogP contribution in [-0.2, 0) is 13.0 Å². The molecule has 2 aliphatic rings. The third-order valence-electron chi connectivity index (χ3n) is 5.27. The van der Waals surface area contributed by atoms with Gasteiger partial charge in [0, 0.05) is 47.4 Å². The van der Waals surface area contributed by atoms with E-state index in [-0.39, 0.29) is 0 Å². The van der Waals surface area contributed by atoms with Crippen molar-refractivity contribution in [2.75, 3.05) is 6.54 Å². The molecule has 0 radical (unpaired) electrons. The summed E-state index contributed by atoms with van der Waals surface area (Å²) in [5.41, 5.74) is 4.58. The molecule has 1 fully saturated rings. The third kappa shape index (κ3) is 3.67. The molecule has 4 nitrogen and oxygen atoms in total. The molecule has 0 saturated heterocycles. The number of fused-ring (bicyclic) bond motifs is 1. The number of thiocarbonyl (C=S) groups is 1. The molecule has 1 aliphatic carbocycles. The zero-order valence-corrected chi connectivity index (χ0v) is 15.8. The average Bonchev–Trinajstić information content (AvgIpc) is 3.06. The van der Waals surface area contributed by atoms with E-state index < -0.39 is 0 Å². The number of halogens is 1. The Morgan fingerprint density at radius 2 is 1.96 bits per heavy atom. The lowest BCUT2D eigenvalue weighted by molar-refractivity contribution is 0.357. The van der Waals surface area contributed by atoms with Crippen molar-refractivity contribution in [3.05, 3.63) is 40.5 Å². The van der Waals surface area contributed by atoms with Crippen LogP contribution in [0.2, 0.25) is 5.02 Å². The van der Waals surface area contributed by atoms with Gasteiger partial charge < -0.3 is 10.2 Å². The second-order valence-corrected chi connectivity index (χ2v) is 7.82. The summed E-state index contributed by atoms with van der Waals surface area (Å²) in [7, 11) is 0. The first kappa shape index (κ1) is 16.9. The van der Waals surface area contributed by atoms with Crippen LogP contribution in [-0.4, -0.2) is 32.8 Å². The first-order chi connectivity index (χ1) is 12.2. The Balaban J connectivity index is 1.49. The number of aromatic nitrogens is 2. The fourth-order valence-electron chi connectivity index (χ4n) is 3.83. The van der Waals surface area contributed by atoms with Crippen molar-refractivity contribution in [1.82, 2.24) is 20.4 Å². The van der Waals surface area contributed by atoms with Crippen molar-refractivity contribution in [3.63, 3.8) is 0 Å². The van der Waals surface area contributed by atoms with E-state index in [1.54, 1.807) is 0 Å². The molecule has 4 rings (SSSR count). The van der Waals surface area contributed by atoms with E-state index in [4.69, 9.17) is 23.8 Å². The van der Waals surface area contributed by atoms with E-state index in [2.05, 4.69) is 20.4 Å². The lowest BCUT2D eigenvalue weighted by atomic mass is 9.95.